The summed E-state index contributed by atoms with van der Waals surface area (Å²) < 4.78 is 0. The lowest BCUT2D eigenvalue weighted by Crippen LogP contribution is -2.45. The van der Waals surface area contributed by atoms with E-state index in [0.717, 1.165) is 11.8 Å². The van der Waals surface area contributed by atoms with Crippen molar-refractivity contribution in [2.75, 3.05) is 32.7 Å². The smallest absolute Gasteiger partial charge is 0.0107 e. The van der Waals surface area contributed by atoms with Gasteiger partial charge in [0.05, 0.1) is 0 Å². The summed E-state index contributed by atoms with van der Waals surface area (Å²) in [6.07, 6.45) is 4.42. The Hall–Kier alpha value is -0.0800. The molecule has 2 nitrogen and oxygen atoms in total. The van der Waals surface area contributed by atoms with Gasteiger partial charge in [-0.05, 0) is 18.3 Å². The van der Waals surface area contributed by atoms with Gasteiger partial charge in [0, 0.05) is 32.7 Å². The minimum atomic E-state index is 0.981. The predicted molar refractivity (Wildman–Crippen MR) is 55.8 cm³/mol. The van der Waals surface area contributed by atoms with Crippen LogP contribution in [0.3, 0.4) is 0 Å². The fourth-order valence-electron chi connectivity index (χ4n) is 2.72. The first-order chi connectivity index (χ1) is 6.36. The summed E-state index contributed by atoms with van der Waals surface area (Å²) in [6.45, 7) is 8.72. The molecule has 0 aromatic heterocycles. The Morgan fingerprint density at radius 1 is 1.23 bits per heavy atom. The summed E-state index contributed by atoms with van der Waals surface area (Å²) in [5.74, 6) is 1.98. The lowest BCUT2D eigenvalue weighted by atomic mass is 9.97. The lowest BCUT2D eigenvalue weighted by molar-refractivity contribution is 0.189. The van der Waals surface area contributed by atoms with Gasteiger partial charge < -0.3 is 10.2 Å². The van der Waals surface area contributed by atoms with Gasteiger partial charge >= 0.3 is 0 Å². The molecule has 1 saturated heterocycles. The number of piperazine rings is 1. The topological polar surface area (TPSA) is 15.3 Å². The summed E-state index contributed by atoms with van der Waals surface area (Å²) in [7, 11) is 0. The molecular formula is C11H22N2. The zero-order valence-corrected chi connectivity index (χ0v) is 8.76. The van der Waals surface area contributed by atoms with Crippen molar-refractivity contribution >= 4 is 0 Å². The first-order valence-corrected chi connectivity index (χ1v) is 5.79. The van der Waals surface area contributed by atoms with E-state index in [1.54, 1.807) is 0 Å². The molecule has 0 amide bonds. The lowest BCUT2D eigenvalue weighted by Gasteiger charge is -2.30. The van der Waals surface area contributed by atoms with Gasteiger partial charge in [0.1, 0.15) is 0 Å². The van der Waals surface area contributed by atoms with Crippen molar-refractivity contribution in [1.82, 2.24) is 10.2 Å². The molecule has 0 aromatic rings. The van der Waals surface area contributed by atoms with Gasteiger partial charge in [-0.3, -0.25) is 0 Å². The number of rotatable bonds is 2. The maximum Gasteiger partial charge on any atom is 0.0107 e. The summed E-state index contributed by atoms with van der Waals surface area (Å²) in [5, 5.41) is 3.41. The van der Waals surface area contributed by atoms with Crippen LogP contribution in [-0.4, -0.2) is 37.6 Å². The monoisotopic (exact) mass is 182 g/mol. The van der Waals surface area contributed by atoms with Crippen molar-refractivity contribution < 1.29 is 0 Å². The molecule has 0 radical (unpaired) electrons. The molecular weight excluding hydrogens is 160 g/mol. The van der Waals surface area contributed by atoms with Gasteiger partial charge in [-0.15, -0.1) is 0 Å². The summed E-state index contributed by atoms with van der Waals surface area (Å²) in [5.41, 5.74) is 0. The fourth-order valence-corrected chi connectivity index (χ4v) is 2.72. The number of nitrogens with one attached hydrogen (secondary N) is 1. The summed E-state index contributed by atoms with van der Waals surface area (Å²) >= 11 is 0. The van der Waals surface area contributed by atoms with Crippen molar-refractivity contribution in [2.24, 2.45) is 11.8 Å². The fraction of sp³-hybridized carbons (Fsp3) is 1.00. The normalized spacial score (nSPS) is 36.7. The van der Waals surface area contributed by atoms with Crippen LogP contribution in [0.5, 0.6) is 0 Å². The second-order valence-corrected chi connectivity index (χ2v) is 4.72. The maximum absolute atomic E-state index is 3.41. The minimum absolute atomic E-state index is 0.981. The van der Waals surface area contributed by atoms with Gasteiger partial charge in [0.15, 0.2) is 0 Å². The van der Waals surface area contributed by atoms with Crippen molar-refractivity contribution in [3.63, 3.8) is 0 Å². The van der Waals surface area contributed by atoms with E-state index in [-0.39, 0.29) is 0 Å². The van der Waals surface area contributed by atoms with Gasteiger partial charge in [-0.25, -0.2) is 0 Å². The predicted octanol–water partition coefficient (Wildman–Crippen LogP) is 1.33. The standard InChI is InChI=1S/C11H22N2/c1-10-3-2-4-11(10)9-13-7-5-12-6-8-13/h10-12H,2-9H2,1H3. The zero-order chi connectivity index (χ0) is 9.10. The second kappa shape index (κ2) is 4.43. The third-order valence-corrected chi connectivity index (χ3v) is 3.74. The molecule has 13 heavy (non-hydrogen) atoms. The number of hydrogen-bond acceptors (Lipinski definition) is 2. The molecule has 1 aliphatic carbocycles. The molecule has 0 spiro atoms. The molecule has 0 aromatic carbocycles. The van der Waals surface area contributed by atoms with Crippen LogP contribution in [0.2, 0.25) is 0 Å². The molecule has 2 unspecified atom stereocenters. The van der Waals surface area contributed by atoms with Crippen LogP contribution < -0.4 is 5.32 Å². The van der Waals surface area contributed by atoms with Crippen molar-refractivity contribution in [2.45, 2.75) is 26.2 Å². The van der Waals surface area contributed by atoms with E-state index in [2.05, 4.69) is 17.1 Å². The first kappa shape index (κ1) is 9.47. The van der Waals surface area contributed by atoms with E-state index < -0.39 is 0 Å². The molecule has 0 bridgehead atoms. The Labute approximate surface area is 81.7 Å². The molecule has 2 aliphatic rings. The Balaban J connectivity index is 1.75. The van der Waals surface area contributed by atoms with Crippen LogP contribution >= 0.6 is 0 Å². The average molecular weight is 182 g/mol. The molecule has 76 valence electrons. The van der Waals surface area contributed by atoms with Crippen molar-refractivity contribution in [3.8, 4) is 0 Å². The molecule has 1 saturated carbocycles. The van der Waals surface area contributed by atoms with Crippen LogP contribution in [0, 0.1) is 11.8 Å². The third kappa shape index (κ3) is 2.44. The van der Waals surface area contributed by atoms with Gasteiger partial charge in [0.25, 0.3) is 0 Å². The largest absolute Gasteiger partial charge is 0.314 e. The Kier molecular flexibility index (Phi) is 3.23. The van der Waals surface area contributed by atoms with Gasteiger partial charge in [-0.1, -0.05) is 19.8 Å². The van der Waals surface area contributed by atoms with Crippen LogP contribution in [0.25, 0.3) is 0 Å². The molecule has 2 atom stereocenters. The molecule has 1 heterocycles. The quantitative estimate of drug-likeness (QED) is 0.693. The highest BCUT2D eigenvalue weighted by molar-refractivity contribution is 4.79. The number of nitrogens with zero attached hydrogens (tertiary/aromatic N) is 1. The van der Waals surface area contributed by atoms with Crippen LogP contribution in [0.4, 0.5) is 0 Å². The van der Waals surface area contributed by atoms with Crippen LogP contribution in [0.15, 0.2) is 0 Å². The highest BCUT2D eigenvalue weighted by Gasteiger charge is 2.25. The molecule has 2 rings (SSSR count). The zero-order valence-electron chi connectivity index (χ0n) is 8.76. The van der Waals surface area contributed by atoms with E-state index >= 15 is 0 Å². The molecule has 1 aliphatic heterocycles. The van der Waals surface area contributed by atoms with E-state index in [9.17, 15) is 0 Å². The molecule has 2 heteroatoms. The van der Waals surface area contributed by atoms with E-state index in [1.807, 2.05) is 0 Å². The Morgan fingerprint density at radius 3 is 2.62 bits per heavy atom. The van der Waals surface area contributed by atoms with E-state index in [4.69, 9.17) is 0 Å². The highest BCUT2D eigenvalue weighted by atomic mass is 15.2. The van der Waals surface area contributed by atoms with Crippen molar-refractivity contribution in [1.29, 1.82) is 0 Å². The highest BCUT2D eigenvalue weighted by Crippen LogP contribution is 2.31. The van der Waals surface area contributed by atoms with E-state index in [1.165, 1.54) is 52.0 Å². The van der Waals surface area contributed by atoms with Crippen LogP contribution in [-0.2, 0) is 0 Å². The minimum Gasteiger partial charge on any atom is -0.314 e. The first-order valence-electron chi connectivity index (χ1n) is 5.79. The third-order valence-electron chi connectivity index (χ3n) is 3.74. The van der Waals surface area contributed by atoms with Crippen LogP contribution in [0.1, 0.15) is 26.2 Å². The molecule has 1 N–H and O–H groups in total. The second-order valence-electron chi connectivity index (χ2n) is 4.72. The summed E-state index contributed by atoms with van der Waals surface area (Å²) in [6, 6.07) is 0. The SMILES string of the molecule is CC1CCCC1CN1CCNCC1. The maximum atomic E-state index is 3.41. The average Bonchev–Trinajstić information content (AvgIpc) is 2.54. The van der Waals surface area contributed by atoms with Gasteiger partial charge in [0.2, 0.25) is 0 Å². The summed E-state index contributed by atoms with van der Waals surface area (Å²) in [4.78, 5) is 2.64. The number of hydrogen-bond donors (Lipinski definition) is 1. The van der Waals surface area contributed by atoms with E-state index in [0.29, 0.717) is 0 Å². The van der Waals surface area contributed by atoms with Gasteiger partial charge in [-0.2, -0.15) is 0 Å². The van der Waals surface area contributed by atoms with Crippen molar-refractivity contribution in [3.05, 3.63) is 0 Å². The molecule has 2 fully saturated rings. The Morgan fingerprint density at radius 2 is 2.00 bits per heavy atom. The Bertz CT molecular complexity index is 152.